The van der Waals surface area contributed by atoms with Crippen LogP contribution in [0.1, 0.15) is 22.3 Å². The fourth-order valence-corrected chi connectivity index (χ4v) is 4.11. The summed E-state index contributed by atoms with van der Waals surface area (Å²) in [5.41, 5.74) is 8.14. The summed E-state index contributed by atoms with van der Waals surface area (Å²) in [7, 11) is 6.50. The van der Waals surface area contributed by atoms with Crippen LogP contribution in [0.4, 0.5) is 11.4 Å². The van der Waals surface area contributed by atoms with Crippen molar-refractivity contribution >= 4 is 23.8 Å². The predicted molar refractivity (Wildman–Crippen MR) is 155 cm³/mol. The maximum Gasteiger partial charge on any atom is 0.161 e. The number of nitrogens with zero attached hydrogens (tertiary/aromatic N) is 2. The van der Waals surface area contributed by atoms with Gasteiger partial charge in [0, 0.05) is 12.4 Å². The quantitative estimate of drug-likeness (QED) is 0.220. The van der Waals surface area contributed by atoms with Gasteiger partial charge in [-0.1, -0.05) is 12.1 Å². The molecule has 0 aliphatic rings. The van der Waals surface area contributed by atoms with Crippen LogP contribution in [0.2, 0.25) is 0 Å². The molecule has 0 fully saturated rings. The number of hydrogen-bond acceptors (Lipinski definition) is 6. The van der Waals surface area contributed by atoms with E-state index < -0.39 is 0 Å². The Labute approximate surface area is 224 Å². The zero-order chi connectivity index (χ0) is 27.1. The summed E-state index contributed by atoms with van der Waals surface area (Å²) in [5.74, 6) is 2.74. The third-order valence-electron chi connectivity index (χ3n) is 6.25. The molecule has 0 unspecified atom stereocenters. The normalized spacial score (nSPS) is 11.2. The number of aryl methyl sites for hydroxylation is 2. The number of ether oxygens (including phenoxy) is 4. The zero-order valence-electron chi connectivity index (χ0n) is 22.6. The van der Waals surface area contributed by atoms with Gasteiger partial charge in [-0.05, 0) is 108 Å². The van der Waals surface area contributed by atoms with Gasteiger partial charge in [-0.3, -0.25) is 9.98 Å². The van der Waals surface area contributed by atoms with Gasteiger partial charge in [0.15, 0.2) is 23.0 Å². The lowest BCUT2D eigenvalue weighted by atomic mass is 10.00. The molecule has 0 aliphatic heterocycles. The molecule has 4 aromatic rings. The highest BCUT2D eigenvalue weighted by Crippen LogP contribution is 2.31. The zero-order valence-corrected chi connectivity index (χ0v) is 22.6. The van der Waals surface area contributed by atoms with Crippen molar-refractivity contribution in [1.29, 1.82) is 0 Å². The molecule has 0 bridgehead atoms. The number of rotatable bonds is 9. The van der Waals surface area contributed by atoms with Crippen molar-refractivity contribution in [2.24, 2.45) is 9.98 Å². The van der Waals surface area contributed by atoms with Crippen molar-refractivity contribution in [3.8, 4) is 34.1 Å². The fraction of sp³-hybridized carbons (Fsp3) is 0.188. The van der Waals surface area contributed by atoms with E-state index in [0.717, 1.165) is 44.8 Å². The Kier molecular flexibility index (Phi) is 8.44. The van der Waals surface area contributed by atoms with Crippen molar-refractivity contribution in [2.75, 3.05) is 28.4 Å². The average molecular weight is 509 g/mol. The number of benzene rings is 4. The highest BCUT2D eigenvalue weighted by molar-refractivity contribution is 5.85. The van der Waals surface area contributed by atoms with Gasteiger partial charge in [0.2, 0.25) is 0 Å². The first kappa shape index (κ1) is 26.5. The molecule has 0 amide bonds. The highest BCUT2D eigenvalue weighted by Gasteiger charge is 2.07. The molecule has 0 aliphatic carbocycles. The smallest absolute Gasteiger partial charge is 0.161 e. The molecule has 0 heterocycles. The van der Waals surface area contributed by atoms with Gasteiger partial charge >= 0.3 is 0 Å². The van der Waals surface area contributed by atoms with Crippen LogP contribution in [0.25, 0.3) is 11.1 Å². The molecule has 6 heteroatoms. The van der Waals surface area contributed by atoms with Gasteiger partial charge in [0.1, 0.15) is 0 Å². The lowest BCUT2D eigenvalue weighted by Gasteiger charge is -2.09. The van der Waals surface area contributed by atoms with E-state index in [1.165, 1.54) is 0 Å². The summed E-state index contributed by atoms with van der Waals surface area (Å²) in [4.78, 5) is 9.38. The van der Waals surface area contributed by atoms with Crippen molar-refractivity contribution in [3.05, 3.63) is 95.1 Å². The van der Waals surface area contributed by atoms with E-state index in [-0.39, 0.29) is 0 Å². The summed E-state index contributed by atoms with van der Waals surface area (Å²) in [5, 5.41) is 0. The minimum atomic E-state index is 0.676. The lowest BCUT2D eigenvalue weighted by molar-refractivity contribution is 0.355. The van der Waals surface area contributed by atoms with Crippen molar-refractivity contribution < 1.29 is 18.9 Å². The Morgan fingerprint density at radius 3 is 1.21 bits per heavy atom. The van der Waals surface area contributed by atoms with E-state index in [4.69, 9.17) is 28.9 Å². The third kappa shape index (κ3) is 6.03. The maximum absolute atomic E-state index is 5.39. The SMILES string of the molecule is COc1ccc(C=Nc2ccc(-c3ccc(N=Cc4ccc(OC)c(OC)c4)c(C)c3)cc2C)cc1OC. The summed E-state index contributed by atoms with van der Waals surface area (Å²) in [6.45, 7) is 4.14. The number of aliphatic imine (C=N–C) groups is 2. The fourth-order valence-electron chi connectivity index (χ4n) is 4.11. The van der Waals surface area contributed by atoms with Crippen molar-refractivity contribution in [1.82, 2.24) is 0 Å². The van der Waals surface area contributed by atoms with Crippen molar-refractivity contribution in [2.45, 2.75) is 13.8 Å². The Morgan fingerprint density at radius 2 is 0.868 bits per heavy atom. The van der Waals surface area contributed by atoms with E-state index >= 15 is 0 Å². The second-order valence-corrected chi connectivity index (χ2v) is 8.75. The molecule has 0 atom stereocenters. The number of hydrogen-bond donors (Lipinski definition) is 0. The van der Waals surface area contributed by atoms with Crippen LogP contribution in [-0.4, -0.2) is 40.9 Å². The topological polar surface area (TPSA) is 61.6 Å². The van der Waals surface area contributed by atoms with Gasteiger partial charge in [-0.2, -0.15) is 0 Å². The third-order valence-corrected chi connectivity index (χ3v) is 6.25. The second-order valence-electron chi connectivity index (χ2n) is 8.75. The maximum atomic E-state index is 5.39. The molecule has 0 aromatic heterocycles. The van der Waals surface area contributed by atoms with Gasteiger partial charge < -0.3 is 18.9 Å². The Balaban J connectivity index is 1.51. The van der Waals surface area contributed by atoms with Gasteiger partial charge in [0.25, 0.3) is 0 Å². The molecule has 0 saturated heterocycles. The van der Waals surface area contributed by atoms with Crippen LogP contribution in [-0.2, 0) is 0 Å². The second kappa shape index (κ2) is 12.1. The molecule has 6 nitrogen and oxygen atoms in total. The Hall–Kier alpha value is -4.58. The Bertz CT molecular complexity index is 1380. The molecule has 0 spiro atoms. The minimum Gasteiger partial charge on any atom is -0.493 e. The molecule has 194 valence electrons. The first-order valence-electron chi connectivity index (χ1n) is 12.2. The van der Waals surface area contributed by atoms with Gasteiger partial charge in [0.05, 0.1) is 39.8 Å². The average Bonchev–Trinajstić information content (AvgIpc) is 2.95. The van der Waals surface area contributed by atoms with E-state index in [1.807, 2.05) is 61.0 Å². The molecule has 38 heavy (non-hydrogen) atoms. The minimum absolute atomic E-state index is 0.676. The van der Waals surface area contributed by atoms with Crippen molar-refractivity contribution in [3.63, 3.8) is 0 Å². The molecule has 0 N–H and O–H groups in total. The monoisotopic (exact) mass is 508 g/mol. The van der Waals surface area contributed by atoms with Crippen LogP contribution >= 0.6 is 0 Å². The largest absolute Gasteiger partial charge is 0.493 e. The van der Waals surface area contributed by atoms with E-state index in [1.54, 1.807) is 28.4 Å². The summed E-state index contributed by atoms with van der Waals surface area (Å²) in [6, 6.07) is 24.0. The van der Waals surface area contributed by atoms with Crippen LogP contribution in [0, 0.1) is 13.8 Å². The van der Waals surface area contributed by atoms with Crippen LogP contribution in [0.3, 0.4) is 0 Å². The first-order chi connectivity index (χ1) is 18.4. The highest BCUT2D eigenvalue weighted by atomic mass is 16.5. The summed E-state index contributed by atoms with van der Waals surface area (Å²) in [6.07, 6.45) is 3.67. The van der Waals surface area contributed by atoms with Crippen LogP contribution < -0.4 is 18.9 Å². The number of methoxy groups -OCH3 is 4. The van der Waals surface area contributed by atoms with Crippen LogP contribution in [0.15, 0.2) is 82.8 Å². The Morgan fingerprint density at radius 1 is 0.474 bits per heavy atom. The summed E-state index contributed by atoms with van der Waals surface area (Å²) < 4.78 is 21.4. The summed E-state index contributed by atoms with van der Waals surface area (Å²) >= 11 is 0. The predicted octanol–water partition coefficient (Wildman–Crippen LogP) is 7.51. The molecule has 0 saturated carbocycles. The van der Waals surface area contributed by atoms with E-state index in [2.05, 4.69) is 38.1 Å². The molecule has 0 radical (unpaired) electrons. The molecular weight excluding hydrogens is 476 g/mol. The van der Waals surface area contributed by atoms with E-state index in [9.17, 15) is 0 Å². The molecular formula is C32H32N2O4. The van der Waals surface area contributed by atoms with Gasteiger partial charge in [-0.25, -0.2) is 0 Å². The molecule has 4 aromatic carbocycles. The first-order valence-corrected chi connectivity index (χ1v) is 12.2. The standard InChI is InChI=1S/C32H32N2O4/c1-21-15-25(9-11-27(21)33-19-23-7-13-29(35-3)31(17-23)37-5)26-10-12-28(22(2)16-26)34-20-24-8-14-30(36-4)32(18-24)38-6/h7-20H,1-6H3. The van der Waals surface area contributed by atoms with Crippen LogP contribution in [0.5, 0.6) is 23.0 Å². The van der Waals surface area contributed by atoms with Gasteiger partial charge in [-0.15, -0.1) is 0 Å². The van der Waals surface area contributed by atoms with E-state index in [0.29, 0.717) is 23.0 Å². The lowest BCUT2D eigenvalue weighted by Crippen LogP contribution is -1.92. The molecule has 4 rings (SSSR count).